The van der Waals surface area contributed by atoms with Crippen molar-refractivity contribution in [2.45, 2.75) is 6.54 Å². The molecule has 2 aromatic heterocycles. The van der Waals surface area contributed by atoms with Gasteiger partial charge in [-0.1, -0.05) is 6.07 Å². The molecule has 3 rings (SSSR count). The van der Waals surface area contributed by atoms with Crippen molar-refractivity contribution in [1.82, 2.24) is 19.9 Å². The maximum Gasteiger partial charge on any atom is 0.251 e. The van der Waals surface area contributed by atoms with Gasteiger partial charge in [-0.2, -0.15) is 0 Å². The molecule has 19 heavy (non-hydrogen) atoms. The molecule has 0 fully saturated rings. The van der Waals surface area contributed by atoms with E-state index in [-0.39, 0.29) is 5.91 Å². The van der Waals surface area contributed by atoms with E-state index in [9.17, 15) is 4.79 Å². The van der Waals surface area contributed by atoms with Crippen LogP contribution in [-0.4, -0.2) is 27.0 Å². The molecule has 2 N–H and O–H groups in total. The zero-order valence-corrected chi connectivity index (χ0v) is 10.3. The third-order valence-electron chi connectivity index (χ3n) is 3.03. The van der Waals surface area contributed by atoms with Gasteiger partial charge in [0.1, 0.15) is 0 Å². The van der Waals surface area contributed by atoms with Gasteiger partial charge in [0.05, 0.1) is 6.33 Å². The standard InChI is InChI=1S/C14H14N4O/c19-14(17-6-8-18-7-5-15-10-18)12-2-1-11-3-4-16-13(11)9-12/h1-5,7,9-10,16H,6,8H2,(H,17,19). The van der Waals surface area contributed by atoms with Gasteiger partial charge in [0, 0.05) is 42.8 Å². The number of nitrogens with one attached hydrogen (secondary N) is 2. The van der Waals surface area contributed by atoms with Crippen molar-refractivity contribution in [1.29, 1.82) is 0 Å². The van der Waals surface area contributed by atoms with Crippen LogP contribution in [0.25, 0.3) is 10.9 Å². The number of hydrogen-bond acceptors (Lipinski definition) is 2. The molecule has 0 aliphatic carbocycles. The minimum Gasteiger partial charge on any atom is -0.361 e. The average molecular weight is 254 g/mol. The molecule has 0 saturated carbocycles. The molecule has 0 atom stereocenters. The maximum absolute atomic E-state index is 12.0. The number of nitrogens with zero attached hydrogens (tertiary/aromatic N) is 2. The normalized spacial score (nSPS) is 10.7. The third-order valence-corrected chi connectivity index (χ3v) is 3.03. The van der Waals surface area contributed by atoms with Crippen LogP contribution in [0, 0.1) is 0 Å². The van der Waals surface area contributed by atoms with E-state index in [1.807, 2.05) is 41.2 Å². The molecule has 0 radical (unpaired) electrons. The van der Waals surface area contributed by atoms with E-state index in [0.717, 1.165) is 17.4 Å². The average Bonchev–Trinajstić information content (AvgIpc) is 3.08. The van der Waals surface area contributed by atoms with Crippen molar-refractivity contribution in [3.63, 3.8) is 0 Å². The monoisotopic (exact) mass is 254 g/mol. The lowest BCUT2D eigenvalue weighted by atomic mass is 10.1. The fourth-order valence-corrected chi connectivity index (χ4v) is 2.01. The van der Waals surface area contributed by atoms with Crippen molar-refractivity contribution >= 4 is 16.8 Å². The number of carbonyl (C=O) groups excluding carboxylic acids is 1. The third kappa shape index (κ3) is 2.49. The summed E-state index contributed by atoms with van der Waals surface area (Å²) in [4.78, 5) is 19.0. The van der Waals surface area contributed by atoms with Crippen molar-refractivity contribution < 1.29 is 4.79 Å². The number of benzene rings is 1. The van der Waals surface area contributed by atoms with Crippen molar-refractivity contribution in [3.05, 3.63) is 54.7 Å². The Morgan fingerprint density at radius 2 is 2.32 bits per heavy atom. The quantitative estimate of drug-likeness (QED) is 0.745. The second-order valence-electron chi connectivity index (χ2n) is 4.34. The Hall–Kier alpha value is -2.56. The van der Waals surface area contributed by atoms with Crippen LogP contribution < -0.4 is 5.32 Å². The summed E-state index contributed by atoms with van der Waals surface area (Å²) >= 11 is 0. The summed E-state index contributed by atoms with van der Waals surface area (Å²) < 4.78 is 1.93. The fourth-order valence-electron chi connectivity index (χ4n) is 2.01. The van der Waals surface area contributed by atoms with Crippen LogP contribution >= 0.6 is 0 Å². The number of hydrogen-bond donors (Lipinski definition) is 2. The second-order valence-corrected chi connectivity index (χ2v) is 4.34. The Morgan fingerprint density at radius 1 is 1.37 bits per heavy atom. The van der Waals surface area contributed by atoms with Crippen molar-refractivity contribution in [3.8, 4) is 0 Å². The number of aromatic amines is 1. The molecule has 3 aromatic rings. The van der Waals surface area contributed by atoms with E-state index in [1.165, 1.54) is 0 Å². The van der Waals surface area contributed by atoms with Crippen molar-refractivity contribution in [2.24, 2.45) is 0 Å². The maximum atomic E-state index is 12.0. The highest BCUT2D eigenvalue weighted by atomic mass is 16.1. The minimum atomic E-state index is -0.0587. The van der Waals surface area contributed by atoms with Gasteiger partial charge in [-0.3, -0.25) is 4.79 Å². The van der Waals surface area contributed by atoms with Crippen LogP contribution in [0.2, 0.25) is 0 Å². The number of carbonyl (C=O) groups is 1. The highest BCUT2D eigenvalue weighted by molar-refractivity contribution is 5.97. The molecular formula is C14H14N4O. The molecule has 0 aliphatic heterocycles. The number of rotatable bonds is 4. The number of H-pyrrole nitrogens is 1. The molecule has 96 valence electrons. The lowest BCUT2D eigenvalue weighted by Crippen LogP contribution is -2.26. The van der Waals surface area contributed by atoms with E-state index in [1.54, 1.807) is 12.5 Å². The molecule has 5 nitrogen and oxygen atoms in total. The van der Waals surface area contributed by atoms with E-state index in [2.05, 4.69) is 15.3 Å². The van der Waals surface area contributed by atoms with Gasteiger partial charge < -0.3 is 14.9 Å². The first kappa shape index (κ1) is 11.5. The van der Waals surface area contributed by atoms with E-state index in [0.29, 0.717) is 12.1 Å². The highest BCUT2D eigenvalue weighted by Crippen LogP contribution is 2.13. The molecule has 0 spiro atoms. The minimum absolute atomic E-state index is 0.0587. The Kier molecular flexibility index (Phi) is 3.02. The van der Waals surface area contributed by atoms with Gasteiger partial charge in [-0.25, -0.2) is 4.98 Å². The summed E-state index contributed by atoms with van der Waals surface area (Å²) in [6.45, 7) is 1.30. The van der Waals surface area contributed by atoms with Crippen LogP contribution in [0.4, 0.5) is 0 Å². The summed E-state index contributed by atoms with van der Waals surface area (Å²) in [5.41, 5.74) is 1.64. The van der Waals surface area contributed by atoms with Gasteiger partial charge in [-0.15, -0.1) is 0 Å². The van der Waals surface area contributed by atoms with Gasteiger partial charge >= 0.3 is 0 Å². The molecule has 0 bridgehead atoms. The summed E-state index contributed by atoms with van der Waals surface area (Å²) in [6, 6.07) is 7.62. The predicted molar refractivity (Wildman–Crippen MR) is 72.9 cm³/mol. The van der Waals surface area contributed by atoms with E-state index >= 15 is 0 Å². The zero-order chi connectivity index (χ0) is 13.1. The molecule has 0 aliphatic rings. The Labute approximate surface area is 110 Å². The van der Waals surface area contributed by atoms with E-state index < -0.39 is 0 Å². The topological polar surface area (TPSA) is 62.7 Å². The molecule has 5 heteroatoms. The Bertz CT molecular complexity index is 684. The summed E-state index contributed by atoms with van der Waals surface area (Å²) in [7, 11) is 0. The predicted octanol–water partition coefficient (Wildman–Crippen LogP) is 1.79. The molecule has 0 saturated heterocycles. The number of aromatic nitrogens is 3. The lowest BCUT2D eigenvalue weighted by molar-refractivity contribution is 0.0952. The first-order valence-electron chi connectivity index (χ1n) is 6.14. The second kappa shape index (κ2) is 4.97. The number of amides is 1. The van der Waals surface area contributed by atoms with Crippen LogP contribution in [-0.2, 0) is 6.54 Å². The van der Waals surface area contributed by atoms with E-state index in [4.69, 9.17) is 0 Å². The zero-order valence-electron chi connectivity index (χ0n) is 10.3. The SMILES string of the molecule is O=C(NCCn1ccnc1)c1ccc2cc[nH]c2c1. The van der Waals surface area contributed by atoms with Crippen molar-refractivity contribution in [2.75, 3.05) is 6.54 Å². The summed E-state index contributed by atoms with van der Waals surface area (Å²) in [5, 5.41) is 4.00. The first-order chi connectivity index (χ1) is 9.33. The van der Waals surface area contributed by atoms with Gasteiger partial charge in [0.15, 0.2) is 0 Å². The Balaban J connectivity index is 1.63. The fraction of sp³-hybridized carbons (Fsp3) is 0.143. The number of imidazole rings is 1. The summed E-state index contributed by atoms with van der Waals surface area (Å²) in [6.07, 6.45) is 7.20. The lowest BCUT2D eigenvalue weighted by Gasteiger charge is -2.06. The van der Waals surface area contributed by atoms with Gasteiger partial charge in [-0.05, 0) is 23.6 Å². The smallest absolute Gasteiger partial charge is 0.251 e. The molecular weight excluding hydrogens is 240 g/mol. The van der Waals surface area contributed by atoms with Crippen LogP contribution in [0.1, 0.15) is 10.4 Å². The number of fused-ring (bicyclic) bond motifs is 1. The van der Waals surface area contributed by atoms with Crippen LogP contribution in [0.3, 0.4) is 0 Å². The Morgan fingerprint density at radius 3 is 3.16 bits per heavy atom. The van der Waals surface area contributed by atoms with Crippen LogP contribution in [0.15, 0.2) is 49.2 Å². The molecule has 1 aromatic carbocycles. The molecule has 2 heterocycles. The summed E-state index contributed by atoms with van der Waals surface area (Å²) in [5.74, 6) is -0.0587. The van der Waals surface area contributed by atoms with Gasteiger partial charge in [0.2, 0.25) is 0 Å². The first-order valence-corrected chi connectivity index (χ1v) is 6.14. The van der Waals surface area contributed by atoms with Crippen LogP contribution in [0.5, 0.6) is 0 Å². The molecule has 1 amide bonds. The molecule has 0 unspecified atom stereocenters. The highest BCUT2D eigenvalue weighted by Gasteiger charge is 2.06. The largest absolute Gasteiger partial charge is 0.361 e. The van der Waals surface area contributed by atoms with Gasteiger partial charge in [0.25, 0.3) is 5.91 Å².